The van der Waals surface area contributed by atoms with Crippen molar-refractivity contribution in [2.24, 2.45) is 5.73 Å². The van der Waals surface area contributed by atoms with Gasteiger partial charge in [-0.25, -0.2) is 0 Å². The SMILES string of the molecule is CCC1CN(C(CC)CC(N)=S)CCO1. The van der Waals surface area contributed by atoms with Crippen molar-refractivity contribution < 1.29 is 4.74 Å². The van der Waals surface area contributed by atoms with Gasteiger partial charge in [-0.1, -0.05) is 26.1 Å². The van der Waals surface area contributed by atoms with E-state index in [2.05, 4.69) is 18.7 Å². The molecule has 0 saturated carbocycles. The average molecular weight is 230 g/mol. The van der Waals surface area contributed by atoms with Gasteiger partial charge < -0.3 is 10.5 Å². The van der Waals surface area contributed by atoms with E-state index in [0.717, 1.165) is 39.0 Å². The number of thiocarbonyl (C=S) groups is 1. The van der Waals surface area contributed by atoms with Crippen LogP contribution in [0.3, 0.4) is 0 Å². The maximum Gasteiger partial charge on any atom is 0.0743 e. The zero-order valence-corrected chi connectivity index (χ0v) is 10.6. The number of nitrogens with two attached hydrogens (primary N) is 1. The summed E-state index contributed by atoms with van der Waals surface area (Å²) in [5.41, 5.74) is 5.62. The molecule has 88 valence electrons. The smallest absolute Gasteiger partial charge is 0.0743 e. The van der Waals surface area contributed by atoms with Gasteiger partial charge in [0.15, 0.2) is 0 Å². The Morgan fingerprint density at radius 2 is 2.33 bits per heavy atom. The molecule has 3 nitrogen and oxygen atoms in total. The summed E-state index contributed by atoms with van der Waals surface area (Å²) in [7, 11) is 0. The second-order valence-electron chi connectivity index (χ2n) is 4.13. The average Bonchev–Trinajstić information content (AvgIpc) is 2.25. The molecular weight excluding hydrogens is 208 g/mol. The fraction of sp³-hybridized carbons (Fsp3) is 0.909. The largest absolute Gasteiger partial charge is 0.393 e. The van der Waals surface area contributed by atoms with Crippen molar-refractivity contribution in [3.63, 3.8) is 0 Å². The third-order valence-electron chi connectivity index (χ3n) is 3.05. The van der Waals surface area contributed by atoms with E-state index in [0.29, 0.717) is 17.1 Å². The summed E-state index contributed by atoms with van der Waals surface area (Å²) in [5, 5.41) is 0. The maximum absolute atomic E-state index is 5.65. The Balaban J connectivity index is 2.47. The molecule has 0 bridgehead atoms. The lowest BCUT2D eigenvalue weighted by Crippen LogP contribution is -2.48. The minimum Gasteiger partial charge on any atom is -0.393 e. The van der Waals surface area contributed by atoms with Crippen molar-refractivity contribution in [2.45, 2.75) is 45.3 Å². The molecule has 0 spiro atoms. The Kier molecular flexibility index (Phi) is 5.50. The lowest BCUT2D eigenvalue weighted by atomic mass is 10.1. The van der Waals surface area contributed by atoms with Crippen molar-refractivity contribution in [3.8, 4) is 0 Å². The Labute approximate surface area is 98.0 Å². The first-order chi connectivity index (χ1) is 7.17. The molecule has 0 amide bonds. The van der Waals surface area contributed by atoms with Crippen molar-refractivity contribution in [2.75, 3.05) is 19.7 Å². The Bertz CT molecular complexity index is 211. The van der Waals surface area contributed by atoms with Gasteiger partial charge in [0.2, 0.25) is 0 Å². The number of ether oxygens (including phenoxy) is 1. The summed E-state index contributed by atoms with van der Waals surface area (Å²) in [6.07, 6.45) is 3.41. The van der Waals surface area contributed by atoms with E-state index in [1.165, 1.54) is 0 Å². The van der Waals surface area contributed by atoms with E-state index in [-0.39, 0.29) is 0 Å². The highest BCUT2D eigenvalue weighted by atomic mass is 32.1. The van der Waals surface area contributed by atoms with Crippen molar-refractivity contribution >= 4 is 17.2 Å². The number of morpholine rings is 1. The van der Waals surface area contributed by atoms with E-state index in [1.54, 1.807) is 0 Å². The Morgan fingerprint density at radius 1 is 1.60 bits per heavy atom. The molecule has 2 atom stereocenters. The van der Waals surface area contributed by atoms with E-state index in [4.69, 9.17) is 22.7 Å². The van der Waals surface area contributed by atoms with Crippen LogP contribution in [0.5, 0.6) is 0 Å². The molecule has 4 heteroatoms. The lowest BCUT2D eigenvalue weighted by Gasteiger charge is -2.37. The lowest BCUT2D eigenvalue weighted by molar-refractivity contribution is -0.0438. The second-order valence-corrected chi connectivity index (χ2v) is 4.65. The van der Waals surface area contributed by atoms with Crippen LogP contribution in [0.25, 0.3) is 0 Å². The van der Waals surface area contributed by atoms with Crippen molar-refractivity contribution in [3.05, 3.63) is 0 Å². The number of hydrogen-bond donors (Lipinski definition) is 1. The van der Waals surface area contributed by atoms with Gasteiger partial charge in [-0.05, 0) is 12.8 Å². The summed E-state index contributed by atoms with van der Waals surface area (Å²) in [6.45, 7) is 7.24. The van der Waals surface area contributed by atoms with Gasteiger partial charge in [-0.2, -0.15) is 0 Å². The molecule has 1 heterocycles. The third kappa shape index (κ3) is 4.05. The second kappa shape index (κ2) is 6.40. The van der Waals surface area contributed by atoms with Gasteiger partial charge in [-0.3, -0.25) is 4.90 Å². The zero-order valence-electron chi connectivity index (χ0n) is 9.74. The van der Waals surface area contributed by atoms with Crippen molar-refractivity contribution in [1.29, 1.82) is 0 Å². The summed E-state index contributed by atoms with van der Waals surface area (Å²) >= 11 is 4.99. The standard InChI is InChI=1S/C11H22N2OS/c1-3-9(7-11(12)15)13-5-6-14-10(4-2)8-13/h9-10H,3-8H2,1-2H3,(H2,12,15). The molecule has 0 aromatic heterocycles. The molecule has 1 aliphatic heterocycles. The fourth-order valence-corrected chi connectivity index (χ4v) is 2.28. The van der Waals surface area contributed by atoms with E-state index >= 15 is 0 Å². The monoisotopic (exact) mass is 230 g/mol. The molecule has 1 rings (SSSR count). The van der Waals surface area contributed by atoms with Crippen LogP contribution in [0.2, 0.25) is 0 Å². The summed E-state index contributed by atoms with van der Waals surface area (Å²) in [5.74, 6) is 0. The van der Waals surface area contributed by atoms with Crippen LogP contribution in [0, 0.1) is 0 Å². The third-order valence-corrected chi connectivity index (χ3v) is 3.22. The first-order valence-electron chi connectivity index (χ1n) is 5.81. The molecule has 15 heavy (non-hydrogen) atoms. The number of nitrogens with zero attached hydrogens (tertiary/aromatic N) is 1. The molecule has 2 unspecified atom stereocenters. The summed E-state index contributed by atoms with van der Waals surface area (Å²) in [6, 6.07) is 0.500. The van der Waals surface area contributed by atoms with Gasteiger partial charge in [0, 0.05) is 25.6 Å². The van der Waals surface area contributed by atoms with Gasteiger partial charge in [-0.15, -0.1) is 0 Å². The Hall–Kier alpha value is -0.190. The molecule has 0 aliphatic carbocycles. The van der Waals surface area contributed by atoms with E-state index in [1.807, 2.05) is 0 Å². The highest BCUT2D eigenvalue weighted by molar-refractivity contribution is 7.80. The van der Waals surface area contributed by atoms with Crippen LogP contribution in [-0.4, -0.2) is 41.7 Å². The molecule has 1 fully saturated rings. The van der Waals surface area contributed by atoms with Crippen molar-refractivity contribution in [1.82, 2.24) is 4.90 Å². The van der Waals surface area contributed by atoms with Gasteiger partial charge in [0.1, 0.15) is 0 Å². The van der Waals surface area contributed by atoms with Crippen LogP contribution in [0.4, 0.5) is 0 Å². The van der Waals surface area contributed by atoms with Gasteiger partial charge in [0.25, 0.3) is 0 Å². The van der Waals surface area contributed by atoms with E-state index < -0.39 is 0 Å². The molecule has 0 aromatic rings. The molecule has 1 aliphatic rings. The van der Waals surface area contributed by atoms with Crippen LogP contribution in [-0.2, 0) is 4.74 Å². The fourth-order valence-electron chi connectivity index (χ4n) is 2.08. The normalized spacial score (nSPS) is 25.1. The van der Waals surface area contributed by atoms with Gasteiger partial charge >= 0.3 is 0 Å². The van der Waals surface area contributed by atoms with E-state index in [9.17, 15) is 0 Å². The quantitative estimate of drug-likeness (QED) is 0.727. The first-order valence-corrected chi connectivity index (χ1v) is 6.22. The minimum absolute atomic E-state index is 0.388. The van der Waals surface area contributed by atoms with Crippen LogP contribution < -0.4 is 5.73 Å². The molecular formula is C11H22N2OS. The maximum atomic E-state index is 5.65. The molecule has 1 saturated heterocycles. The summed E-state index contributed by atoms with van der Waals surface area (Å²) < 4.78 is 5.65. The van der Waals surface area contributed by atoms with Crippen LogP contribution in [0.1, 0.15) is 33.1 Å². The molecule has 0 radical (unpaired) electrons. The minimum atomic E-state index is 0.388. The summed E-state index contributed by atoms with van der Waals surface area (Å²) in [4.78, 5) is 3.10. The highest BCUT2D eigenvalue weighted by Crippen LogP contribution is 2.15. The molecule has 2 N–H and O–H groups in total. The predicted octanol–water partition coefficient (Wildman–Crippen LogP) is 1.55. The van der Waals surface area contributed by atoms with Gasteiger partial charge in [0.05, 0.1) is 17.7 Å². The number of hydrogen-bond acceptors (Lipinski definition) is 3. The highest BCUT2D eigenvalue weighted by Gasteiger charge is 2.24. The topological polar surface area (TPSA) is 38.5 Å². The number of rotatable bonds is 5. The molecule has 0 aromatic carbocycles. The predicted molar refractivity (Wildman–Crippen MR) is 67.1 cm³/mol. The Morgan fingerprint density at radius 3 is 2.87 bits per heavy atom. The van der Waals surface area contributed by atoms with Crippen LogP contribution >= 0.6 is 12.2 Å². The van der Waals surface area contributed by atoms with Crippen LogP contribution in [0.15, 0.2) is 0 Å². The first kappa shape index (κ1) is 12.9. The zero-order chi connectivity index (χ0) is 11.3.